The van der Waals surface area contributed by atoms with Gasteiger partial charge in [0.1, 0.15) is 12.4 Å². The van der Waals surface area contributed by atoms with E-state index >= 15 is 0 Å². The van der Waals surface area contributed by atoms with Crippen LogP contribution in [0.5, 0.6) is 0 Å². The van der Waals surface area contributed by atoms with E-state index in [1.165, 1.54) is 0 Å². The summed E-state index contributed by atoms with van der Waals surface area (Å²) < 4.78 is 4.51. The number of amides is 1. The maximum atomic E-state index is 10.2. The highest BCUT2D eigenvalue weighted by Gasteiger charge is 1.99. The molecule has 6 heteroatoms. The van der Waals surface area contributed by atoms with Crippen molar-refractivity contribution in [1.82, 2.24) is 4.98 Å². The molecule has 0 aliphatic heterocycles. The summed E-state index contributed by atoms with van der Waals surface area (Å²) in [5.41, 5.74) is 4.77. The van der Waals surface area contributed by atoms with Gasteiger partial charge in [-0.2, -0.15) is 0 Å². The standard InChI is InChI=1S/C8H10ClN3O2/c9-6-2-1-3-11-7(6)12-4-5-14-8(10)13/h1-3H,4-5H2,(H2,10,13)(H,11,12). The molecule has 1 rings (SSSR count). The number of nitrogens with two attached hydrogens (primary N) is 1. The third-order valence-corrected chi connectivity index (χ3v) is 1.70. The zero-order valence-electron chi connectivity index (χ0n) is 7.37. The van der Waals surface area contributed by atoms with E-state index in [1.807, 2.05) is 0 Å². The number of halogens is 1. The molecule has 1 heterocycles. The van der Waals surface area contributed by atoms with Crippen LogP contribution in [0.1, 0.15) is 0 Å². The molecule has 14 heavy (non-hydrogen) atoms. The first kappa shape index (κ1) is 10.6. The zero-order valence-corrected chi connectivity index (χ0v) is 8.12. The first-order valence-electron chi connectivity index (χ1n) is 3.97. The summed E-state index contributed by atoms with van der Waals surface area (Å²) in [5.74, 6) is 0.558. The minimum Gasteiger partial charge on any atom is -0.448 e. The van der Waals surface area contributed by atoms with Crippen molar-refractivity contribution in [3.05, 3.63) is 23.4 Å². The third kappa shape index (κ3) is 3.49. The van der Waals surface area contributed by atoms with E-state index in [2.05, 4.69) is 15.0 Å². The number of ether oxygens (including phenoxy) is 1. The lowest BCUT2D eigenvalue weighted by Gasteiger charge is -2.06. The van der Waals surface area contributed by atoms with Crippen molar-refractivity contribution in [3.63, 3.8) is 0 Å². The number of anilines is 1. The Labute approximate surface area is 86.2 Å². The number of carbonyl (C=O) groups excluding carboxylic acids is 1. The number of aromatic nitrogens is 1. The second kappa shape index (κ2) is 5.29. The van der Waals surface area contributed by atoms with Crippen molar-refractivity contribution < 1.29 is 9.53 Å². The highest BCUT2D eigenvalue weighted by Crippen LogP contribution is 2.16. The van der Waals surface area contributed by atoms with Crippen LogP contribution >= 0.6 is 11.6 Å². The van der Waals surface area contributed by atoms with Gasteiger partial charge in [-0.3, -0.25) is 0 Å². The van der Waals surface area contributed by atoms with Gasteiger partial charge in [0.15, 0.2) is 0 Å². The Balaban J connectivity index is 2.31. The molecule has 1 aromatic rings. The topological polar surface area (TPSA) is 77.2 Å². The maximum Gasteiger partial charge on any atom is 0.404 e. The van der Waals surface area contributed by atoms with Gasteiger partial charge in [0, 0.05) is 6.20 Å². The SMILES string of the molecule is NC(=O)OCCNc1ncccc1Cl. The molecule has 1 aromatic heterocycles. The molecule has 0 saturated heterocycles. The monoisotopic (exact) mass is 215 g/mol. The van der Waals surface area contributed by atoms with Crippen LogP contribution in [0.25, 0.3) is 0 Å². The van der Waals surface area contributed by atoms with Crippen molar-refractivity contribution in [2.45, 2.75) is 0 Å². The molecular weight excluding hydrogens is 206 g/mol. The Bertz CT molecular complexity index is 319. The van der Waals surface area contributed by atoms with Gasteiger partial charge >= 0.3 is 6.09 Å². The van der Waals surface area contributed by atoms with Crippen molar-refractivity contribution in [3.8, 4) is 0 Å². The van der Waals surface area contributed by atoms with Crippen molar-refractivity contribution >= 4 is 23.5 Å². The van der Waals surface area contributed by atoms with Gasteiger partial charge in [0.25, 0.3) is 0 Å². The summed E-state index contributed by atoms with van der Waals surface area (Å²) in [5, 5.41) is 3.41. The lowest BCUT2D eigenvalue weighted by Crippen LogP contribution is -2.18. The minimum atomic E-state index is -0.793. The van der Waals surface area contributed by atoms with Crippen LogP contribution in [0, 0.1) is 0 Å². The van der Waals surface area contributed by atoms with Gasteiger partial charge in [0.05, 0.1) is 11.6 Å². The van der Waals surface area contributed by atoms with Crippen molar-refractivity contribution in [1.29, 1.82) is 0 Å². The molecule has 76 valence electrons. The second-order valence-corrected chi connectivity index (χ2v) is 2.84. The van der Waals surface area contributed by atoms with E-state index in [0.717, 1.165) is 0 Å². The minimum absolute atomic E-state index is 0.183. The van der Waals surface area contributed by atoms with E-state index in [1.54, 1.807) is 18.3 Å². The average molecular weight is 216 g/mol. The summed E-state index contributed by atoms with van der Waals surface area (Å²) in [6.45, 7) is 0.599. The fourth-order valence-corrected chi connectivity index (χ4v) is 1.03. The predicted molar refractivity (Wildman–Crippen MR) is 53.3 cm³/mol. The maximum absolute atomic E-state index is 10.2. The zero-order chi connectivity index (χ0) is 10.4. The Hall–Kier alpha value is -1.49. The van der Waals surface area contributed by atoms with Gasteiger partial charge in [-0.05, 0) is 12.1 Å². The van der Waals surface area contributed by atoms with E-state index in [0.29, 0.717) is 17.4 Å². The van der Waals surface area contributed by atoms with Gasteiger partial charge < -0.3 is 15.8 Å². The molecule has 3 N–H and O–H groups in total. The molecule has 0 bridgehead atoms. The normalized spacial score (nSPS) is 9.50. The molecule has 0 spiro atoms. The number of primary amides is 1. The van der Waals surface area contributed by atoms with E-state index in [9.17, 15) is 4.79 Å². The Morgan fingerprint density at radius 3 is 3.14 bits per heavy atom. The number of nitrogens with zero attached hydrogens (tertiary/aromatic N) is 1. The molecule has 0 aliphatic carbocycles. The molecule has 0 aliphatic rings. The first-order valence-corrected chi connectivity index (χ1v) is 4.34. The summed E-state index contributed by atoms with van der Waals surface area (Å²) >= 11 is 5.81. The summed E-state index contributed by atoms with van der Waals surface area (Å²) in [4.78, 5) is 14.2. The van der Waals surface area contributed by atoms with Crippen molar-refractivity contribution in [2.75, 3.05) is 18.5 Å². The molecular formula is C8H10ClN3O2. The van der Waals surface area contributed by atoms with Gasteiger partial charge in [-0.25, -0.2) is 9.78 Å². The number of rotatable bonds is 4. The van der Waals surface area contributed by atoms with Gasteiger partial charge in [-0.1, -0.05) is 11.6 Å². The fraction of sp³-hybridized carbons (Fsp3) is 0.250. The Kier molecular flexibility index (Phi) is 4.00. The molecule has 0 atom stereocenters. The van der Waals surface area contributed by atoms with Crippen LogP contribution in [-0.2, 0) is 4.74 Å². The molecule has 5 nitrogen and oxygen atoms in total. The summed E-state index contributed by atoms with van der Waals surface area (Å²) in [6.07, 6.45) is 0.822. The molecule has 0 radical (unpaired) electrons. The Morgan fingerprint density at radius 1 is 1.71 bits per heavy atom. The Morgan fingerprint density at radius 2 is 2.50 bits per heavy atom. The molecule has 0 unspecified atom stereocenters. The molecule has 0 saturated carbocycles. The lowest BCUT2D eigenvalue weighted by atomic mass is 10.4. The largest absolute Gasteiger partial charge is 0.448 e. The summed E-state index contributed by atoms with van der Waals surface area (Å²) in [6, 6.07) is 3.44. The number of carbonyl (C=O) groups is 1. The molecule has 0 aromatic carbocycles. The molecule has 1 amide bonds. The highest BCUT2D eigenvalue weighted by molar-refractivity contribution is 6.32. The average Bonchev–Trinajstić information content (AvgIpc) is 2.15. The van der Waals surface area contributed by atoms with Crippen molar-refractivity contribution in [2.24, 2.45) is 5.73 Å². The number of hydrogen-bond donors (Lipinski definition) is 2. The van der Waals surface area contributed by atoms with Crippen LogP contribution in [0.15, 0.2) is 18.3 Å². The highest BCUT2D eigenvalue weighted by atomic mass is 35.5. The third-order valence-electron chi connectivity index (χ3n) is 1.40. The number of nitrogens with one attached hydrogen (secondary N) is 1. The fourth-order valence-electron chi connectivity index (χ4n) is 0.837. The number of hydrogen-bond acceptors (Lipinski definition) is 4. The first-order chi connectivity index (χ1) is 6.70. The van der Waals surface area contributed by atoms with E-state index in [4.69, 9.17) is 17.3 Å². The lowest BCUT2D eigenvalue weighted by molar-refractivity contribution is 0.161. The number of pyridine rings is 1. The predicted octanol–water partition coefficient (Wildman–Crippen LogP) is 1.24. The van der Waals surface area contributed by atoms with Crippen LogP contribution < -0.4 is 11.1 Å². The van der Waals surface area contributed by atoms with E-state index < -0.39 is 6.09 Å². The van der Waals surface area contributed by atoms with Crippen LogP contribution in [-0.4, -0.2) is 24.2 Å². The van der Waals surface area contributed by atoms with Crippen LogP contribution in [0.3, 0.4) is 0 Å². The van der Waals surface area contributed by atoms with E-state index in [-0.39, 0.29) is 6.61 Å². The molecule has 0 fully saturated rings. The second-order valence-electron chi connectivity index (χ2n) is 2.43. The van der Waals surface area contributed by atoms with Gasteiger partial charge in [-0.15, -0.1) is 0 Å². The quantitative estimate of drug-likeness (QED) is 0.741. The summed E-state index contributed by atoms with van der Waals surface area (Å²) in [7, 11) is 0. The smallest absolute Gasteiger partial charge is 0.404 e. The van der Waals surface area contributed by atoms with Crippen LogP contribution in [0.2, 0.25) is 5.02 Å². The van der Waals surface area contributed by atoms with Crippen LogP contribution in [0.4, 0.5) is 10.6 Å². The van der Waals surface area contributed by atoms with Gasteiger partial charge in [0.2, 0.25) is 0 Å².